The van der Waals surface area contributed by atoms with Crippen LogP contribution in [-0.4, -0.2) is 27.9 Å². The van der Waals surface area contributed by atoms with E-state index in [1.54, 1.807) is 30.3 Å². The Morgan fingerprint density at radius 3 is 2.38 bits per heavy atom. The maximum absolute atomic E-state index is 12.9. The van der Waals surface area contributed by atoms with Gasteiger partial charge in [-0.05, 0) is 24.3 Å². The third-order valence-corrected chi connectivity index (χ3v) is 4.70. The first kappa shape index (κ1) is 20.4. The van der Waals surface area contributed by atoms with Crippen molar-refractivity contribution in [2.24, 2.45) is 10.2 Å². The molecule has 0 radical (unpaired) electrons. The van der Waals surface area contributed by atoms with E-state index in [4.69, 9.17) is 23.2 Å². The number of ether oxygens (including phenoxy) is 1. The zero-order valence-corrected chi connectivity index (χ0v) is 16.3. The second-order valence-corrected chi connectivity index (χ2v) is 6.42. The molecule has 0 saturated heterocycles. The Labute approximate surface area is 174 Å². The molecule has 148 valence electrons. The number of carbonyl (C=O) groups excluding carboxylic acids is 1. The molecular weight excluding hydrogens is 421 g/mol. The van der Waals surface area contributed by atoms with E-state index in [9.17, 15) is 19.8 Å². The monoisotopic (exact) mass is 433 g/mol. The maximum Gasteiger partial charge on any atom is 0.347 e. The molecular formula is C19H13Cl2N3O5. The predicted molar refractivity (Wildman–Crippen MR) is 107 cm³/mol. The minimum absolute atomic E-state index is 0.0905. The molecule has 0 aliphatic carbocycles. The number of carbonyl (C=O) groups is 1. The van der Waals surface area contributed by atoms with E-state index in [0.717, 1.165) is 11.7 Å². The second-order valence-electron chi connectivity index (χ2n) is 5.64. The van der Waals surface area contributed by atoms with Crippen LogP contribution >= 0.6 is 23.2 Å². The van der Waals surface area contributed by atoms with Gasteiger partial charge in [-0.15, -0.1) is 10.2 Å². The van der Waals surface area contributed by atoms with Gasteiger partial charge in [-0.1, -0.05) is 47.5 Å². The van der Waals surface area contributed by atoms with Crippen LogP contribution in [0.1, 0.15) is 10.4 Å². The van der Waals surface area contributed by atoms with Gasteiger partial charge in [0.25, 0.3) is 5.56 Å². The van der Waals surface area contributed by atoms with Crippen molar-refractivity contribution < 1.29 is 19.7 Å². The van der Waals surface area contributed by atoms with Gasteiger partial charge in [-0.25, -0.2) is 9.36 Å². The summed E-state index contributed by atoms with van der Waals surface area (Å²) < 4.78 is 5.40. The fourth-order valence-corrected chi connectivity index (χ4v) is 2.84. The molecule has 1 heterocycles. The quantitative estimate of drug-likeness (QED) is 0.454. The summed E-state index contributed by atoms with van der Waals surface area (Å²) in [4.78, 5) is 25.0. The van der Waals surface area contributed by atoms with E-state index in [1.807, 2.05) is 0 Å². The predicted octanol–water partition coefficient (Wildman–Crippen LogP) is 4.76. The Morgan fingerprint density at radius 2 is 1.72 bits per heavy atom. The highest BCUT2D eigenvalue weighted by Crippen LogP contribution is 2.37. The SMILES string of the molecule is COC(=O)c1c(O)c(N=Nc2cccc(Cl)c2Cl)c(=O)n(-c2ccccc2)c1O. The van der Waals surface area contributed by atoms with Gasteiger partial charge in [0.1, 0.15) is 5.69 Å². The minimum Gasteiger partial charge on any atom is -0.504 e. The van der Waals surface area contributed by atoms with Gasteiger partial charge >= 0.3 is 5.97 Å². The topological polar surface area (TPSA) is 113 Å². The molecule has 0 saturated carbocycles. The standard InChI is InChI=1S/C19H13Cl2N3O5/c1-29-19(28)13-16(25)15(23-22-12-9-5-8-11(20)14(12)21)18(27)24(17(13)26)10-6-3-2-4-7-10/h2-9,25-26H,1H3. The van der Waals surface area contributed by atoms with Crippen LogP contribution in [0.15, 0.2) is 63.6 Å². The van der Waals surface area contributed by atoms with Crippen molar-refractivity contribution in [3.8, 4) is 17.3 Å². The third kappa shape index (κ3) is 3.80. The zero-order valence-electron chi connectivity index (χ0n) is 14.8. The molecule has 29 heavy (non-hydrogen) atoms. The first-order valence-electron chi connectivity index (χ1n) is 8.07. The van der Waals surface area contributed by atoms with Crippen molar-refractivity contribution in [2.75, 3.05) is 7.11 Å². The molecule has 0 amide bonds. The lowest BCUT2D eigenvalue weighted by Gasteiger charge is -2.14. The highest BCUT2D eigenvalue weighted by Gasteiger charge is 2.28. The van der Waals surface area contributed by atoms with Gasteiger partial charge in [0.2, 0.25) is 5.88 Å². The number of methoxy groups -OCH3 is 1. The Hall–Kier alpha value is -3.36. The Balaban J connectivity index is 2.29. The molecule has 1 aromatic heterocycles. The van der Waals surface area contributed by atoms with Crippen molar-refractivity contribution in [1.82, 2.24) is 4.57 Å². The van der Waals surface area contributed by atoms with Gasteiger partial charge in [0, 0.05) is 0 Å². The van der Waals surface area contributed by atoms with E-state index >= 15 is 0 Å². The minimum atomic E-state index is -1.07. The second kappa shape index (κ2) is 8.34. The average Bonchev–Trinajstić information content (AvgIpc) is 2.71. The van der Waals surface area contributed by atoms with Gasteiger partial charge in [-0.3, -0.25) is 4.79 Å². The zero-order chi connectivity index (χ0) is 21.1. The summed E-state index contributed by atoms with van der Waals surface area (Å²) in [5, 5.41) is 28.8. The van der Waals surface area contributed by atoms with E-state index in [2.05, 4.69) is 15.0 Å². The molecule has 0 spiro atoms. The molecule has 2 aromatic carbocycles. The first-order chi connectivity index (χ1) is 13.9. The van der Waals surface area contributed by atoms with Gasteiger partial charge < -0.3 is 14.9 Å². The van der Waals surface area contributed by atoms with E-state index < -0.39 is 34.4 Å². The summed E-state index contributed by atoms with van der Waals surface area (Å²) in [5.41, 5.74) is -1.78. The molecule has 0 atom stereocenters. The fraction of sp³-hybridized carbons (Fsp3) is 0.0526. The van der Waals surface area contributed by atoms with E-state index in [-0.39, 0.29) is 21.4 Å². The molecule has 0 fully saturated rings. The summed E-state index contributed by atoms with van der Waals surface area (Å²) in [6, 6.07) is 12.6. The van der Waals surface area contributed by atoms with Crippen LogP contribution in [0.5, 0.6) is 11.6 Å². The number of nitrogens with zero attached hydrogens (tertiary/aromatic N) is 3. The normalized spacial score (nSPS) is 11.0. The lowest BCUT2D eigenvalue weighted by Crippen LogP contribution is -2.21. The van der Waals surface area contributed by atoms with Crippen molar-refractivity contribution in [2.45, 2.75) is 0 Å². The van der Waals surface area contributed by atoms with Gasteiger partial charge in [-0.2, -0.15) is 0 Å². The van der Waals surface area contributed by atoms with Gasteiger partial charge in [0.15, 0.2) is 17.0 Å². The summed E-state index contributed by atoms with van der Waals surface area (Å²) in [7, 11) is 1.06. The third-order valence-electron chi connectivity index (χ3n) is 3.90. The molecule has 0 aliphatic rings. The van der Waals surface area contributed by atoms with Crippen LogP contribution in [-0.2, 0) is 4.74 Å². The number of aromatic hydroxyl groups is 2. The van der Waals surface area contributed by atoms with E-state index in [0.29, 0.717) is 0 Å². The van der Waals surface area contributed by atoms with Crippen molar-refractivity contribution in [1.29, 1.82) is 0 Å². The Morgan fingerprint density at radius 1 is 1.03 bits per heavy atom. The van der Waals surface area contributed by atoms with Crippen LogP contribution in [0.4, 0.5) is 11.4 Å². The van der Waals surface area contributed by atoms with Crippen LogP contribution in [0.2, 0.25) is 10.0 Å². The number of pyridine rings is 1. The van der Waals surface area contributed by atoms with Crippen molar-refractivity contribution in [3.05, 3.63) is 74.5 Å². The number of benzene rings is 2. The van der Waals surface area contributed by atoms with Crippen LogP contribution < -0.4 is 5.56 Å². The molecule has 8 nitrogen and oxygen atoms in total. The number of azo groups is 1. The number of para-hydroxylation sites is 1. The summed E-state index contributed by atoms with van der Waals surface area (Å²) in [5.74, 6) is -2.75. The fourth-order valence-electron chi connectivity index (χ4n) is 2.51. The van der Waals surface area contributed by atoms with Crippen LogP contribution in [0.3, 0.4) is 0 Å². The number of esters is 1. The van der Waals surface area contributed by atoms with Crippen LogP contribution in [0.25, 0.3) is 5.69 Å². The lowest BCUT2D eigenvalue weighted by atomic mass is 10.2. The number of aromatic nitrogens is 1. The molecule has 0 aliphatic heterocycles. The smallest absolute Gasteiger partial charge is 0.347 e. The highest BCUT2D eigenvalue weighted by atomic mass is 35.5. The number of hydrogen-bond acceptors (Lipinski definition) is 7. The lowest BCUT2D eigenvalue weighted by molar-refractivity contribution is 0.0592. The summed E-state index contributed by atoms with van der Waals surface area (Å²) in [6.07, 6.45) is 0. The number of hydrogen-bond donors (Lipinski definition) is 2. The van der Waals surface area contributed by atoms with Crippen molar-refractivity contribution >= 4 is 40.5 Å². The molecule has 10 heteroatoms. The Kier molecular flexibility index (Phi) is 5.86. The average molecular weight is 434 g/mol. The maximum atomic E-state index is 12.9. The van der Waals surface area contributed by atoms with Crippen LogP contribution in [0, 0.1) is 0 Å². The number of rotatable bonds is 4. The Bertz CT molecular complexity index is 1180. The summed E-state index contributed by atoms with van der Waals surface area (Å²) in [6.45, 7) is 0. The highest BCUT2D eigenvalue weighted by molar-refractivity contribution is 6.43. The molecule has 0 unspecified atom stereocenters. The number of halogens is 2. The molecule has 3 aromatic rings. The van der Waals surface area contributed by atoms with Gasteiger partial charge in [0.05, 0.1) is 22.8 Å². The molecule has 3 rings (SSSR count). The molecule has 0 bridgehead atoms. The van der Waals surface area contributed by atoms with E-state index in [1.165, 1.54) is 18.2 Å². The first-order valence-corrected chi connectivity index (χ1v) is 8.82. The molecule has 2 N–H and O–H groups in total. The summed E-state index contributed by atoms with van der Waals surface area (Å²) >= 11 is 12.0. The largest absolute Gasteiger partial charge is 0.504 e. The van der Waals surface area contributed by atoms with Crippen molar-refractivity contribution in [3.63, 3.8) is 0 Å².